The highest BCUT2D eigenvalue weighted by molar-refractivity contribution is 8.02. The molecule has 1 nitrogen and oxygen atoms in total. The van der Waals surface area contributed by atoms with Crippen LogP contribution >= 0.6 is 11.8 Å². The van der Waals surface area contributed by atoms with Crippen LogP contribution in [0.1, 0.15) is 30.9 Å². The van der Waals surface area contributed by atoms with E-state index in [2.05, 4.69) is 48.8 Å². The second kappa shape index (κ2) is 5.44. The normalized spacial score (nSPS) is 19.4. The summed E-state index contributed by atoms with van der Waals surface area (Å²) in [7, 11) is 0. The van der Waals surface area contributed by atoms with Crippen molar-refractivity contribution in [3.8, 4) is 0 Å². The number of allylic oxidation sites excluding steroid dienone is 1. The van der Waals surface area contributed by atoms with Gasteiger partial charge in [0.05, 0.1) is 5.37 Å². The number of thioether (sulfide) groups is 1. The molecular weight excluding hydrogens is 214 g/mol. The molecule has 1 aromatic rings. The van der Waals surface area contributed by atoms with E-state index in [4.69, 9.17) is 0 Å². The average Bonchev–Trinajstić information content (AvgIpc) is 2.76. The van der Waals surface area contributed by atoms with Crippen LogP contribution in [0.3, 0.4) is 0 Å². The van der Waals surface area contributed by atoms with Crippen LogP contribution in [0.2, 0.25) is 0 Å². The zero-order valence-corrected chi connectivity index (χ0v) is 10.8. The Balaban J connectivity index is 1.82. The van der Waals surface area contributed by atoms with Crippen molar-refractivity contribution in [2.45, 2.75) is 38.5 Å². The molecule has 0 bridgehead atoms. The van der Waals surface area contributed by atoms with Gasteiger partial charge in [-0.1, -0.05) is 36.8 Å². The SMILES string of the molecule is CCC1NC(CCc2ccc(C)cc2)=CS1. The predicted octanol–water partition coefficient (Wildman–Crippen LogP) is 3.84. The molecule has 0 spiro atoms. The third-order valence-corrected chi connectivity index (χ3v) is 4.10. The number of nitrogens with one attached hydrogen (secondary N) is 1. The van der Waals surface area contributed by atoms with Crippen LogP contribution in [-0.2, 0) is 6.42 Å². The highest BCUT2D eigenvalue weighted by Gasteiger charge is 2.13. The van der Waals surface area contributed by atoms with E-state index in [1.165, 1.54) is 23.2 Å². The van der Waals surface area contributed by atoms with Gasteiger partial charge in [-0.2, -0.15) is 0 Å². The second-order valence-corrected chi connectivity index (χ2v) is 5.38. The summed E-state index contributed by atoms with van der Waals surface area (Å²) in [6.45, 7) is 4.36. The van der Waals surface area contributed by atoms with Crippen LogP contribution in [0.5, 0.6) is 0 Å². The smallest absolute Gasteiger partial charge is 0.0758 e. The minimum absolute atomic E-state index is 0.605. The standard InChI is InChI=1S/C14H19NS/c1-3-14-15-13(10-16-14)9-8-12-6-4-11(2)5-7-12/h4-7,10,14-15H,3,8-9H2,1-2H3. The van der Waals surface area contributed by atoms with Crippen molar-refractivity contribution in [1.29, 1.82) is 0 Å². The molecule has 1 N–H and O–H groups in total. The molecule has 2 heteroatoms. The van der Waals surface area contributed by atoms with Gasteiger partial charge in [0.2, 0.25) is 0 Å². The molecule has 0 saturated carbocycles. The van der Waals surface area contributed by atoms with Crippen molar-refractivity contribution in [2.24, 2.45) is 0 Å². The summed E-state index contributed by atoms with van der Waals surface area (Å²) >= 11 is 1.91. The maximum Gasteiger partial charge on any atom is 0.0758 e. The molecule has 1 aromatic carbocycles. The van der Waals surface area contributed by atoms with Gasteiger partial charge in [-0.05, 0) is 37.2 Å². The lowest BCUT2D eigenvalue weighted by Gasteiger charge is -2.10. The predicted molar refractivity (Wildman–Crippen MR) is 72.4 cm³/mol. The number of rotatable bonds is 4. The summed E-state index contributed by atoms with van der Waals surface area (Å²) in [4.78, 5) is 0. The molecule has 0 amide bonds. The van der Waals surface area contributed by atoms with Gasteiger partial charge in [-0.25, -0.2) is 0 Å². The molecule has 86 valence electrons. The molecule has 1 unspecified atom stereocenters. The van der Waals surface area contributed by atoms with Crippen molar-refractivity contribution in [3.63, 3.8) is 0 Å². The van der Waals surface area contributed by atoms with E-state index in [9.17, 15) is 0 Å². The lowest BCUT2D eigenvalue weighted by Crippen LogP contribution is -2.19. The first-order valence-electron chi connectivity index (χ1n) is 5.94. The summed E-state index contributed by atoms with van der Waals surface area (Å²) in [5.41, 5.74) is 4.17. The lowest BCUT2D eigenvalue weighted by molar-refractivity contribution is 0.698. The monoisotopic (exact) mass is 233 g/mol. The molecule has 1 aliphatic rings. The molecule has 0 aliphatic carbocycles. The molecule has 1 heterocycles. The minimum Gasteiger partial charge on any atom is -0.376 e. The first-order chi connectivity index (χ1) is 7.78. The van der Waals surface area contributed by atoms with Crippen LogP contribution in [0.4, 0.5) is 0 Å². The Labute approximate surface area is 102 Å². The van der Waals surface area contributed by atoms with Crippen LogP contribution in [0.25, 0.3) is 0 Å². The molecule has 1 atom stereocenters. The first-order valence-corrected chi connectivity index (χ1v) is 6.89. The van der Waals surface area contributed by atoms with Gasteiger partial charge in [-0.15, -0.1) is 11.8 Å². The Morgan fingerprint density at radius 3 is 2.56 bits per heavy atom. The maximum absolute atomic E-state index is 3.55. The summed E-state index contributed by atoms with van der Waals surface area (Å²) in [6.07, 6.45) is 3.46. The van der Waals surface area contributed by atoms with E-state index < -0.39 is 0 Å². The fraction of sp³-hybridized carbons (Fsp3) is 0.429. The van der Waals surface area contributed by atoms with Crippen LogP contribution in [-0.4, -0.2) is 5.37 Å². The number of benzene rings is 1. The van der Waals surface area contributed by atoms with Crippen molar-refractivity contribution in [1.82, 2.24) is 5.32 Å². The molecule has 16 heavy (non-hydrogen) atoms. The van der Waals surface area contributed by atoms with Gasteiger partial charge in [0.25, 0.3) is 0 Å². The second-order valence-electron chi connectivity index (χ2n) is 4.31. The summed E-state index contributed by atoms with van der Waals surface area (Å²) in [5.74, 6) is 0. The highest BCUT2D eigenvalue weighted by atomic mass is 32.2. The zero-order valence-electron chi connectivity index (χ0n) is 9.99. The third kappa shape index (κ3) is 3.05. The maximum atomic E-state index is 3.55. The van der Waals surface area contributed by atoms with E-state index in [0.717, 1.165) is 12.8 Å². The fourth-order valence-corrected chi connectivity index (χ4v) is 2.73. The molecule has 1 aliphatic heterocycles. The zero-order chi connectivity index (χ0) is 11.4. The van der Waals surface area contributed by atoms with Crippen molar-refractivity contribution in [2.75, 3.05) is 0 Å². The van der Waals surface area contributed by atoms with Crippen molar-refractivity contribution >= 4 is 11.8 Å². The molecule has 0 fully saturated rings. The largest absolute Gasteiger partial charge is 0.376 e. The Kier molecular flexibility index (Phi) is 3.94. The van der Waals surface area contributed by atoms with Gasteiger partial charge in [-0.3, -0.25) is 0 Å². The first kappa shape index (κ1) is 11.6. The summed E-state index contributed by atoms with van der Waals surface area (Å²) < 4.78 is 0. The number of aryl methyl sites for hydroxylation is 2. The van der Waals surface area contributed by atoms with E-state index in [-0.39, 0.29) is 0 Å². The number of hydrogen-bond acceptors (Lipinski definition) is 2. The Morgan fingerprint density at radius 1 is 1.19 bits per heavy atom. The molecular formula is C14H19NS. The van der Waals surface area contributed by atoms with E-state index in [1.54, 1.807) is 0 Å². The quantitative estimate of drug-likeness (QED) is 0.848. The van der Waals surface area contributed by atoms with Crippen LogP contribution in [0, 0.1) is 6.92 Å². The Hall–Kier alpha value is -0.890. The van der Waals surface area contributed by atoms with E-state index in [1.807, 2.05) is 11.8 Å². The van der Waals surface area contributed by atoms with Crippen molar-refractivity contribution in [3.05, 3.63) is 46.5 Å². The van der Waals surface area contributed by atoms with Gasteiger partial charge in [0.1, 0.15) is 0 Å². The summed E-state index contributed by atoms with van der Waals surface area (Å²) in [6, 6.07) is 8.84. The van der Waals surface area contributed by atoms with Gasteiger partial charge < -0.3 is 5.32 Å². The summed E-state index contributed by atoms with van der Waals surface area (Å²) in [5, 5.41) is 6.43. The molecule has 2 rings (SSSR count). The molecule has 0 radical (unpaired) electrons. The Bertz CT molecular complexity index is 367. The average molecular weight is 233 g/mol. The molecule has 0 saturated heterocycles. The van der Waals surface area contributed by atoms with Crippen molar-refractivity contribution < 1.29 is 0 Å². The van der Waals surface area contributed by atoms with E-state index >= 15 is 0 Å². The lowest BCUT2D eigenvalue weighted by atomic mass is 10.1. The van der Waals surface area contributed by atoms with E-state index in [0.29, 0.717) is 5.37 Å². The number of hydrogen-bond donors (Lipinski definition) is 1. The van der Waals surface area contributed by atoms with Gasteiger partial charge in [0.15, 0.2) is 0 Å². The van der Waals surface area contributed by atoms with Gasteiger partial charge in [0, 0.05) is 5.70 Å². The third-order valence-electron chi connectivity index (χ3n) is 2.90. The highest BCUT2D eigenvalue weighted by Crippen LogP contribution is 2.25. The fourth-order valence-electron chi connectivity index (χ4n) is 1.80. The molecule has 0 aromatic heterocycles. The Morgan fingerprint density at radius 2 is 1.94 bits per heavy atom. The topological polar surface area (TPSA) is 12.0 Å². The minimum atomic E-state index is 0.605. The van der Waals surface area contributed by atoms with Crippen LogP contribution in [0.15, 0.2) is 35.4 Å². The van der Waals surface area contributed by atoms with Crippen LogP contribution < -0.4 is 5.32 Å². The van der Waals surface area contributed by atoms with Gasteiger partial charge >= 0.3 is 0 Å².